The first-order valence-corrected chi connectivity index (χ1v) is 5.94. The zero-order valence-corrected chi connectivity index (χ0v) is 10.7. The third-order valence-electron chi connectivity index (χ3n) is 2.42. The molecule has 0 fully saturated rings. The van der Waals surface area contributed by atoms with Crippen molar-refractivity contribution < 1.29 is 4.74 Å². The van der Waals surface area contributed by atoms with Gasteiger partial charge in [0.05, 0.1) is 7.11 Å². The molecule has 0 saturated heterocycles. The molecular weight excluding hydrogens is 264 g/mol. The topological polar surface area (TPSA) is 9.23 Å². The predicted octanol–water partition coefficient (Wildman–Crippen LogP) is 4.05. The van der Waals surface area contributed by atoms with Crippen molar-refractivity contribution in [2.75, 3.05) is 7.11 Å². The summed E-state index contributed by atoms with van der Waals surface area (Å²) < 4.78 is 6.30. The van der Waals surface area contributed by atoms with Gasteiger partial charge >= 0.3 is 0 Å². The van der Waals surface area contributed by atoms with Gasteiger partial charge in [-0.3, -0.25) is 0 Å². The number of hydrogen-bond acceptors (Lipinski definition) is 1. The SMILES string of the molecule is COc1cc(Br)cc(Cc2ccccc2)c1. The van der Waals surface area contributed by atoms with Crippen LogP contribution >= 0.6 is 15.9 Å². The van der Waals surface area contributed by atoms with Gasteiger partial charge in [0.2, 0.25) is 0 Å². The minimum absolute atomic E-state index is 0.889. The van der Waals surface area contributed by atoms with Crippen LogP contribution in [0.25, 0.3) is 0 Å². The lowest BCUT2D eigenvalue weighted by Crippen LogP contribution is -1.90. The Labute approximate surface area is 104 Å². The van der Waals surface area contributed by atoms with E-state index in [1.54, 1.807) is 7.11 Å². The molecular formula is C14H13BrO. The molecule has 16 heavy (non-hydrogen) atoms. The predicted molar refractivity (Wildman–Crippen MR) is 69.9 cm³/mol. The van der Waals surface area contributed by atoms with E-state index in [2.05, 4.69) is 52.3 Å². The third kappa shape index (κ3) is 2.86. The summed E-state index contributed by atoms with van der Waals surface area (Å²) in [7, 11) is 1.69. The van der Waals surface area contributed by atoms with Crippen LogP contribution in [0, 0.1) is 0 Å². The van der Waals surface area contributed by atoms with E-state index in [0.717, 1.165) is 16.6 Å². The fraction of sp³-hybridized carbons (Fsp3) is 0.143. The zero-order chi connectivity index (χ0) is 11.4. The van der Waals surface area contributed by atoms with Crippen molar-refractivity contribution in [3.8, 4) is 5.75 Å². The Balaban J connectivity index is 2.24. The quantitative estimate of drug-likeness (QED) is 0.822. The van der Waals surface area contributed by atoms with Gasteiger partial charge in [-0.05, 0) is 35.7 Å². The van der Waals surface area contributed by atoms with Gasteiger partial charge in [0.25, 0.3) is 0 Å². The van der Waals surface area contributed by atoms with Crippen LogP contribution in [0.2, 0.25) is 0 Å². The smallest absolute Gasteiger partial charge is 0.120 e. The molecule has 0 amide bonds. The standard InChI is InChI=1S/C14H13BrO/c1-16-14-9-12(8-13(15)10-14)7-11-5-3-2-4-6-11/h2-6,8-10H,7H2,1H3. The maximum atomic E-state index is 5.24. The van der Waals surface area contributed by atoms with Crippen molar-refractivity contribution in [3.05, 3.63) is 64.1 Å². The van der Waals surface area contributed by atoms with Crippen LogP contribution in [0.4, 0.5) is 0 Å². The first-order chi connectivity index (χ1) is 7.78. The summed E-state index contributed by atoms with van der Waals surface area (Å²) in [4.78, 5) is 0. The number of methoxy groups -OCH3 is 1. The highest BCUT2D eigenvalue weighted by Crippen LogP contribution is 2.22. The van der Waals surface area contributed by atoms with Crippen LogP contribution in [0.3, 0.4) is 0 Å². The second-order valence-corrected chi connectivity index (χ2v) is 4.58. The fourth-order valence-corrected chi connectivity index (χ4v) is 2.19. The van der Waals surface area contributed by atoms with Gasteiger partial charge in [-0.15, -0.1) is 0 Å². The first kappa shape index (κ1) is 11.2. The van der Waals surface area contributed by atoms with E-state index in [-0.39, 0.29) is 0 Å². The third-order valence-corrected chi connectivity index (χ3v) is 2.88. The molecule has 0 saturated carbocycles. The van der Waals surface area contributed by atoms with Crippen molar-refractivity contribution in [1.82, 2.24) is 0 Å². The largest absolute Gasteiger partial charge is 0.497 e. The van der Waals surface area contributed by atoms with Gasteiger partial charge in [-0.1, -0.05) is 46.3 Å². The first-order valence-electron chi connectivity index (χ1n) is 5.15. The monoisotopic (exact) mass is 276 g/mol. The summed E-state index contributed by atoms with van der Waals surface area (Å²) >= 11 is 3.49. The molecule has 2 rings (SSSR count). The van der Waals surface area contributed by atoms with Crippen LogP contribution in [-0.2, 0) is 6.42 Å². The molecule has 2 aromatic carbocycles. The Morgan fingerprint density at radius 2 is 1.75 bits per heavy atom. The Hall–Kier alpha value is -1.28. The lowest BCUT2D eigenvalue weighted by Gasteiger charge is -2.06. The molecule has 0 aliphatic rings. The zero-order valence-electron chi connectivity index (χ0n) is 9.11. The number of benzene rings is 2. The van der Waals surface area contributed by atoms with Gasteiger partial charge in [-0.25, -0.2) is 0 Å². The summed E-state index contributed by atoms with van der Waals surface area (Å²) in [6.07, 6.45) is 0.927. The molecule has 0 aliphatic carbocycles. The molecule has 0 aliphatic heterocycles. The molecule has 0 atom stereocenters. The van der Waals surface area contributed by atoms with Gasteiger partial charge < -0.3 is 4.74 Å². The van der Waals surface area contributed by atoms with Crippen LogP contribution in [0.15, 0.2) is 53.0 Å². The van der Waals surface area contributed by atoms with Crippen LogP contribution in [0.5, 0.6) is 5.75 Å². The lowest BCUT2D eigenvalue weighted by atomic mass is 10.1. The summed E-state index contributed by atoms with van der Waals surface area (Å²) in [5, 5.41) is 0. The van der Waals surface area contributed by atoms with E-state index in [0.29, 0.717) is 0 Å². The Morgan fingerprint density at radius 1 is 1.00 bits per heavy atom. The average molecular weight is 277 g/mol. The number of hydrogen-bond donors (Lipinski definition) is 0. The normalized spacial score (nSPS) is 10.1. The maximum absolute atomic E-state index is 5.24. The Kier molecular flexibility index (Phi) is 3.62. The molecule has 0 spiro atoms. The Morgan fingerprint density at radius 3 is 2.44 bits per heavy atom. The van der Waals surface area contributed by atoms with Crippen molar-refractivity contribution in [2.24, 2.45) is 0 Å². The minimum atomic E-state index is 0.889. The summed E-state index contributed by atoms with van der Waals surface area (Å²) in [5.74, 6) is 0.889. The number of ether oxygens (including phenoxy) is 1. The molecule has 0 radical (unpaired) electrons. The summed E-state index contributed by atoms with van der Waals surface area (Å²) in [6.45, 7) is 0. The van der Waals surface area contributed by atoms with E-state index < -0.39 is 0 Å². The van der Waals surface area contributed by atoms with Crippen LogP contribution < -0.4 is 4.74 Å². The van der Waals surface area contributed by atoms with Crippen LogP contribution in [-0.4, -0.2) is 7.11 Å². The van der Waals surface area contributed by atoms with Crippen molar-refractivity contribution >= 4 is 15.9 Å². The van der Waals surface area contributed by atoms with Crippen molar-refractivity contribution in [2.45, 2.75) is 6.42 Å². The van der Waals surface area contributed by atoms with Crippen molar-refractivity contribution in [1.29, 1.82) is 0 Å². The van der Waals surface area contributed by atoms with E-state index >= 15 is 0 Å². The second-order valence-electron chi connectivity index (χ2n) is 3.66. The molecule has 0 heterocycles. The van der Waals surface area contributed by atoms with Gasteiger partial charge in [0.15, 0.2) is 0 Å². The Bertz CT molecular complexity index is 465. The molecule has 82 valence electrons. The molecule has 2 heteroatoms. The van der Waals surface area contributed by atoms with E-state index in [1.807, 2.05) is 12.1 Å². The maximum Gasteiger partial charge on any atom is 0.120 e. The molecule has 1 nitrogen and oxygen atoms in total. The second kappa shape index (κ2) is 5.17. The summed E-state index contributed by atoms with van der Waals surface area (Å²) in [6, 6.07) is 16.6. The molecule has 0 aromatic heterocycles. The van der Waals surface area contributed by atoms with Gasteiger partial charge in [0.1, 0.15) is 5.75 Å². The van der Waals surface area contributed by atoms with E-state index in [9.17, 15) is 0 Å². The highest BCUT2D eigenvalue weighted by molar-refractivity contribution is 9.10. The van der Waals surface area contributed by atoms with E-state index in [4.69, 9.17) is 4.74 Å². The molecule has 0 bridgehead atoms. The van der Waals surface area contributed by atoms with Gasteiger partial charge in [-0.2, -0.15) is 0 Å². The lowest BCUT2D eigenvalue weighted by molar-refractivity contribution is 0.414. The van der Waals surface area contributed by atoms with Crippen molar-refractivity contribution in [3.63, 3.8) is 0 Å². The number of rotatable bonds is 3. The van der Waals surface area contributed by atoms with E-state index in [1.165, 1.54) is 11.1 Å². The van der Waals surface area contributed by atoms with Crippen LogP contribution in [0.1, 0.15) is 11.1 Å². The molecule has 0 unspecified atom stereocenters. The highest BCUT2D eigenvalue weighted by Gasteiger charge is 2.00. The van der Waals surface area contributed by atoms with Gasteiger partial charge in [0, 0.05) is 4.47 Å². The fourth-order valence-electron chi connectivity index (χ4n) is 1.67. The minimum Gasteiger partial charge on any atom is -0.497 e. The highest BCUT2D eigenvalue weighted by atomic mass is 79.9. The average Bonchev–Trinajstić information content (AvgIpc) is 2.29. The molecule has 2 aromatic rings. The molecule has 0 N–H and O–H groups in total. The number of halogens is 1. The summed E-state index contributed by atoms with van der Waals surface area (Å²) in [5.41, 5.74) is 2.56.